The highest BCUT2D eigenvalue weighted by molar-refractivity contribution is 5.86. The maximum Gasteiger partial charge on any atom is 0.261 e. The number of halogens is 2. The van der Waals surface area contributed by atoms with Crippen molar-refractivity contribution < 1.29 is 8.78 Å². The van der Waals surface area contributed by atoms with Gasteiger partial charge in [0, 0.05) is 57.2 Å². The summed E-state index contributed by atoms with van der Waals surface area (Å²) in [4.78, 5) is 22.0. The molecule has 3 saturated heterocycles. The lowest BCUT2D eigenvalue weighted by atomic mass is 9.73. The molecule has 3 aromatic heterocycles. The lowest BCUT2D eigenvalue weighted by molar-refractivity contribution is 0.0115. The van der Waals surface area contributed by atoms with Crippen LogP contribution in [0.5, 0.6) is 0 Å². The van der Waals surface area contributed by atoms with Gasteiger partial charge < -0.3 is 9.88 Å². The molecule has 8 nitrogen and oxygen atoms in total. The van der Waals surface area contributed by atoms with E-state index in [1.54, 1.807) is 0 Å². The van der Waals surface area contributed by atoms with E-state index in [0.717, 1.165) is 54.9 Å². The lowest BCUT2D eigenvalue weighted by Gasteiger charge is -2.33. The first kappa shape index (κ1) is 24.4. The van der Waals surface area contributed by atoms with Gasteiger partial charge in [0.1, 0.15) is 11.3 Å². The minimum absolute atomic E-state index is 0.0516. The Balaban J connectivity index is 1.09. The SMILES string of the molecule is FC1(F)CCN(Cc2cncc(C3CCC4NNC(c5nc6nccc(N7CCCCC7)c6[nH]5)C4C3)c2)C1. The number of imidazole rings is 1. The van der Waals surface area contributed by atoms with Crippen LogP contribution in [0.1, 0.15) is 73.9 Å². The zero-order valence-corrected chi connectivity index (χ0v) is 21.7. The Kier molecular flexibility index (Phi) is 6.28. The Morgan fingerprint density at radius 3 is 2.79 bits per heavy atom. The van der Waals surface area contributed by atoms with E-state index in [9.17, 15) is 8.78 Å². The molecule has 4 aliphatic rings. The number of pyridine rings is 2. The quantitative estimate of drug-likeness (QED) is 0.461. The molecule has 3 aliphatic heterocycles. The molecule has 0 amide bonds. The molecule has 0 aromatic carbocycles. The van der Waals surface area contributed by atoms with Crippen molar-refractivity contribution in [1.29, 1.82) is 0 Å². The number of rotatable bonds is 5. The minimum Gasteiger partial charge on any atom is -0.370 e. The molecule has 1 aliphatic carbocycles. The predicted octanol–water partition coefficient (Wildman–Crippen LogP) is 4.29. The number of hydrogen-bond acceptors (Lipinski definition) is 7. The molecule has 7 rings (SSSR count). The first-order chi connectivity index (χ1) is 18.5. The molecule has 3 aromatic rings. The van der Waals surface area contributed by atoms with Crippen molar-refractivity contribution in [3.8, 4) is 0 Å². The Hall–Kier alpha value is -2.69. The fourth-order valence-electron chi connectivity index (χ4n) is 7.11. The summed E-state index contributed by atoms with van der Waals surface area (Å²) in [5.74, 6) is -0.853. The number of aromatic nitrogens is 4. The maximum atomic E-state index is 13.7. The first-order valence-corrected chi connectivity index (χ1v) is 14.2. The monoisotopic (exact) mass is 522 g/mol. The summed E-state index contributed by atoms with van der Waals surface area (Å²) in [5.41, 5.74) is 12.3. The lowest BCUT2D eigenvalue weighted by Crippen LogP contribution is -2.34. The number of H-pyrrole nitrogens is 1. The van der Waals surface area contributed by atoms with E-state index >= 15 is 0 Å². The number of aromatic amines is 1. The Morgan fingerprint density at radius 1 is 1.05 bits per heavy atom. The topological polar surface area (TPSA) is 85.0 Å². The number of alkyl halides is 2. The molecule has 202 valence electrons. The van der Waals surface area contributed by atoms with Gasteiger partial charge in [0.25, 0.3) is 5.92 Å². The van der Waals surface area contributed by atoms with Crippen LogP contribution in [0.3, 0.4) is 0 Å². The van der Waals surface area contributed by atoms with Crippen LogP contribution < -0.4 is 15.8 Å². The highest BCUT2D eigenvalue weighted by Crippen LogP contribution is 2.44. The van der Waals surface area contributed by atoms with Crippen molar-refractivity contribution in [2.75, 3.05) is 31.1 Å². The van der Waals surface area contributed by atoms with Crippen LogP contribution in [0.15, 0.2) is 30.7 Å². The largest absolute Gasteiger partial charge is 0.370 e. The number of nitrogens with one attached hydrogen (secondary N) is 3. The van der Waals surface area contributed by atoms with Crippen molar-refractivity contribution in [3.05, 3.63) is 47.7 Å². The molecule has 4 unspecified atom stereocenters. The number of hydrazine groups is 1. The number of anilines is 1. The summed E-state index contributed by atoms with van der Waals surface area (Å²) in [6.45, 7) is 2.98. The van der Waals surface area contributed by atoms with E-state index in [2.05, 4.69) is 42.8 Å². The van der Waals surface area contributed by atoms with Crippen molar-refractivity contribution in [2.24, 2.45) is 5.92 Å². The summed E-state index contributed by atoms with van der Waals surface area (Å²) < 4.78 is 27.3. The Morgan fingerprint density at radius 2 is 1.95 bits per heavy atom. The van der Waals surface area contributed by atoms with Crippen molar-refractivity contribution in [3.63, 3.8) is 0 Å². The van der Waals surface area contributed by atoms with Gasteiger partial charge in [-0.3, -0.25) is 15.3 Å². The number of likely N-dealkylation sites (tertiary alicyclic amines) is 1. The standard InChI is InChI=1S/C28H36F2N8/c29-28(30)7-11-37(17-28)16-18-12-20(15-31-14-18)19-4-5-22-21(13-19)24(36-35-22)27-33-25-23(6-8-32-26(25)34-27)38-9-2-1-3-10-38/h6,8,12,14-15,19,21-22,24,35-36H,1-5,7,9-11,13,16-17H2,(H,32,33,34). The fourth-order valence-corrected chi connectivity index (χ4v) is 7.11. The maximum absolute atomic E-state index is 13.7. The third-order valence-corrected chi connectivity index (χ3v) is 9.07. The number of piperidine rings is 1. The normalized spacial score (nSPS) is 29.7. The third-order valence-electron chi connectivity index (χ3n) is 9.07. The fraction of sp³-hybridized carbons (Fsp3) is 0.607. The molecular formula is C28H36F2N8. The zero-order valence-electron chi connectivity index (χ0n) is 21.7. The van der Waals surface area contributed by atoms with Crippen molar-refractivity contribution >= 4 is 16.9 Å². The number of fused-ring (bicyclic) bond motifs is 2. The van der Waals surface area contributed by atoms with Crippen LogP contribution >= 0.6 is 0 Å². The van der Waals surface area contributed by atoms with Gasteiger partial charge in [0.15, 0.2) is 5.65 Å². The molecule has 3 N–H and O–H groups in total. The minimum atomic E-state index is -2.57. The highest BCUT2D eigenvalue weighted by Gasteiger charge is 2.43. The number of nitrogens with zero attached hydrogens (tertiary/aromatic N) is 5. The molecular weight excluding hydrogens is 486 g/mol. The second-order valence-corrected chi connectivity index (χ2v) is 11.7. The van der Waals surface area contributed by atoms with E-state index < -0.39 is 5.92 Å². The highest BCUT2D eigenvalue weighted by atomic mass is 19.3. The van der Waals surface area contributed by atoms with E-state index in [0.29, 0.717) is 31.0 Å². The molecule has 0 radical (unpaired) electrons. The van der Waals surface area contributed by atoms with Crippen LogP contribution in [-0.4, -0.2) is 63.0 Å². The van der Waals surface area contributed by atoms with Crippen molar-refractivity contribution in [2.45, 2.75) is 75.4 Å². The van der Waals surface area contributed by atoms with Crippen LogP contribution in [-0.2, 0) is 6.54 Å². The summed E-state index contributed by atoms with van der Waals surface area (Å²) in [5, 5.41) is 0. The van der Waals surface area contributed by atoms with Crippen molar-refractivity contribution in [1.82, 2.24) is 35.7 Å². The van der Waals surface area contributed by atoms with E-state index in [4.69, 9.17) is 4.98 Å². The van der Waals surface area contributed by atoms with Gasteiger partial charge in [0.2, 0.25) is 0 Å². The Bertz CT molecular complexity index is 1290. The average molecular weight is 523 g/mol. The van der Waals surface area contributed by atoms with Gasteiger partial charge in [-0.1, -0.05) is 6.07 Å². The molecule has 4 atom stereocenters. The molecule has 38 heavy (non-hydrogen) atoms. The molecule has 10 heteroatoms. The van der Waals surface area contributed by atoms with Gasteiger partial charge in [-0.15, -0.1) is 0 Å². The zero-order chi connectivity index (χ0) is 25.7. The summed E-state index contributed by atoms with van der Waals surface area (Å²) in [7, 11) is 0. The van der Waals surface area contributed by atoms with E-state index in [1.165, 1.54) is 30.5 Å². The molecule has 0 bridgehead atoms. The summed E-state index contributed by atoms with van der Waals surface area (Å²) in [6, 6.07) is 4.77. The van der Waals surface area contributed by atoms with Gasteiger partial charge in [-0.05, 0) is 67.6 Å². The third kappa shape index (κ3) is 4.67. The molecule has 0 spiro atoms. The van der Waals surface area contributed by atoms with E-state index in [1.807, 2.05) is 23.5 Å². The Labute approximate surface area is 221 Å². The van der Waals surface area contributed by atoms with Gasteiger partial charge >= 0.3 is 0 Å². The first-order valence-electron chi connectivity index (χ1n) is 14.2. The average Bonchev–Trinajstić information content (AvgIpc) is 3.64. The van der Waals surface area contributed by atoms with Crippen LogP contribution in [0.2, 0.25) is 0 Å². The van der Waals surface area contributed by atoms with Crippen LogP contribution in [0.4, 0.5) is 14.5 Å². The van der Waals surface area contributed by atoms with Gasteiger partial charge in [-0.25, -0.2) is 24.2 Å². The van der Waals surface area contributed by atoms with Crippen LogP contribution in [0, 0.1) is 5.92 Å². The molecule has 6 heterocycles. The van der Waals surface area contributed by atoms with Gasteiger partial charge in [0.05, 0.1) is 18.3 Å². The second-order valence-electron chi connectivity index (χ2n) is 11.7. The smallest absolute Gasteiger partial charge is 0.261 e. The predicted molar refractivity (Wildman–Crippen MR) is 142 cm³/mol. The summed E-state index contributed by atoms with van der Waals surface area (Å²) >= 11 is 0. The molecule has 4 fully saturated rings. The van der Waals surface area contributed by atoms with E-state index in [-0.39, 0.29) is 19.0 Å². The van der Waals surface area contributed by atoms with Gasteiger partial charge in [-0.2, -0.15) is 0 Å². The number of hydrogen-bond donors (Lipinski definition) is 3. The second kappa shape index (κ2) is 9.81. The summed E-state index contributed by atoms with van der Waals surface area (Å²) in [6.07, 6.45) is 12.5. The van der Waals surface area contributed by atoms with Crippen LogP contribution in [0.25, 0.3) is 11.2 Å². The molecule has 1 saturated carbocycles.